The molecule has 0 radical (unpaired) electrons. The number of hydrogen-bond donors (Lipinski definition) is 0. The van der Waals surface area contributed by atoms with Crippen molar-refractivity contribution in [2.75, 3.05) is 0 Å². The van der Waals surface area contributed by atoms with Gasteiger partial charge in [-0.15, -0.1) is 0 Å². The van der Waals surface area contributed by atoms with Crippen LogP contribution >= 0.6 is 0 Å². The SMILES string of the molecule is CCC=O.[Na][c]1ccccc1. The van der Waals surface area contributed by atoms with Gasteiger partial charge in [0.25, 0.3) is 0 Å². The van der Waals surface area contributed by atoms with E-state index in [0.29, 0.717) is 6.42 Å². The second-order valence-electron chi connectivity index (χ2n) is 2.23. The molecule has 0 amide bonds. The van der Waals surface area contributed by atoms with Crippen molar-refractivity contribution in [3.63, 3.8) is 0 Å². The molecule has 0 atom stereocenters. The Kier molecular flexibility index (Phi) is 7.91. The molecule has 2 heteroatoms. The fourth-order valence-electron chi connectivity index (χ4n) is 0.534. The molecular formula is C9H11NaO. The Hall–Kier alpha value is -0.110. The third-order valence-corrected chi connectivity index (χ3v) is 1.77. The topological polar surface area (TPSA) is 17.1 Å². The monoisotopic (exact) mass is 158 g/mol. The van der Waals surface area contributed by atoms with E-state index in [1.165, 1.54) is 30.7 Å². The van der Waals surface area contributed by atoms with Gasteiger partial charge in [-0.2, -0.15) is 0 Å². The number of rotatable bonds is 1. The molecule has 0 aromatic heterocycles. The maximum atomic E-state index is 9.17. The Morgan fingerprint density at radius 1 is 1.36 bits per heavy atom. The average molecular weight is 158 g/mol. The van der Waals surface area contributed by atoms with Crippen molar-refractivity contribution in [2.24, 2.45) is 0 Å². The van der Waals surface area contributed by atoms with Crippen molar-refractivity contribution < 1.29 is 4.79 Å². The summed E-state index contributed by atoms with van der Waals surface area (Å²) in [6.45, 7) is 1.81. The zero-order valence-electron chi connectivity index (χ0n) is 7.08. The molecule has 0 unspecified atom stereocenters. The van der Waals surface area contributed by atoms with E-state index in [0.717, 1.165) is 6.29 Å². The van der Waals surface area contributed by atoms with Crippen LogP contribution in [-0.2, 0) is 4.79 Å². The van der Waals surface area contributed by atoms with E-state index in [-0.39, 0.29) is 0 Å². The van der Waals surface area contributed by atoms with Gasteiger partial charge in [-0.05, 0) is 0 Å². The predicted molar refractivity (Wildman–Crippen MR) is 48.2 cm³/mol. The van der Waals surface area contributed by atoms with Gasteiger partial charge in [-0.25, -0.2) is 0 Å². The Labute approximate surface area is 85.2 Å². The van der Waals surface area contributed by atoms with E-state index in [9.17, 15) is 4.79 Å². The Morgan fingerprint density at radius 2 is 1.82 bits per heavy atom. The fraction of sp³-hybridized carbons (Fsp3) is 0.222. The minimum atomic E-state index is 0.639. The fourth-order valence-corrected chi connectivity index (χ4v) is 0.919. The summed E-state index contributed by atoms with van der Waals surface area (Å²) in [7, 11) is 0. The van der Waals surface area contributed by atoms with E-state index in [1.54, 1.807) is 0 Å². The molecule has 0 aliphatic carbocycles. The first kappa shape index (κ1) is 10.9. The normalized spacial score (nSPS) is 7.91. The second kappa shape index (κ2) is 7.99. The van der Waals surface area contributed by atoms with Gasteiger partial charge in [-0.3, -0.25) is 0 Å². The number of carbonyl (C=O) groups is 1. The first-order valence-corrected chi connectivity index (χ1v) is 4.76. The third kappa shape index (κ3) is 7.79. The quantitative estimate of drug-likeness (QED) is 0.441. The maximum absolute atomic E-state index is 9.17. The van der Waals surface area contributed by atoms with Gasteiger partial charge in [0, 0.05) is 6.42 Å². The summed E-state index contributed by atoms with van der Waals surface area (Å²) < 4.78 is 1.46. The molecule has 0 saturated heterocycles. The molecule has 11 heavy (non-hydrogen) atoms. The van der Waals surface area contributed by atoms with Crippen molar-refractivity contribution in [1.29, 1.82) is 0 Å². The second-order valence-corrected chi connectivity index (χ2v) is 3.38. The van der Waals surface area contributed by atoms with Crippen LogP contribution in [0.15, 0.2) is 30.3 Å². The molecule has 1 aromatic rings. The van der Waals surface area contributed by atoms with E-state index < -0.39 is 0 Å². The number of benzene rings is 1. The van der Waals surface area contributed by atoms with Crippen LogP contribution in [0.3, 0.4) is 0 Å². The zero-order chi connectivity index (χ0) is 8.53. The first-order valence-electron chi connectivity index (χ1n) is 3.76. The van der Waals surface area contributed by atoms with Gasteiger partial charge in [-0.1, -0.05) is 6.92 Å². The van der Waals surface area contributed by atoms with Gasteiger partial charge in [0.2, 0.25) is 0 Å². The molecule has 0 N–H and O–H groups in total. The van der Waals surface area contributed by atoms with Crippen molar-refractivity contribution in [3.8, 4) is 0 Å². The number of aldehydes is 1. The summed E-state index contributed by atoms with van der Waals surface area (Å²) in [5.41, 5.74) is 0. The van der Waals surface area contributed by atoms with Crippen LogP contribution in [0.4, 0.5) is 0 Å². The molecule has 0 heterocycles. The van der Waals surface area contributed by atoms with E-state index in [2.05, 4.69) is 24.3 Å². The molecule has 1 rings (SSSR count). The number of hydrogen-bond acceptors (Lipinski definition) is 1. The van der Waals surface area contributed by atoms with Crippen LogP contribution in [0.2, 0.25) is 0 Å². The summed E-state index contributed by atoms with van der Waals surface area (Å²) in [4.78, 5) is 9.17. The van der Waals surface area contributed by atoms with Crippen LogP contribution in [0.25, 0.3) is 0 Å². The van der Waals surface area contributed by atoms with Crippen LogP contribution < -0.4 is 2.81 Å². The Morgan fingerprint density at radius 3 is 2.00 bits per heavy atom. The molecule has 0 saturated carbocycles. The first-order chi connectivity index (χ1) is 5.31. The average Bonchev–Trinajstić information content (AvgIpc) is 2.07. The molecular weight excluding hydrogens is 147 g/mol. The standard InChI is InChI=1S/C6H5.C3H6O.Na/c1-2-4-6-5-3-1;1-2-3-4;/h1-5H;3H,2H2,1H3;. The molecule has 1 nitrogen and oxygen atoms in total. The van der Waals surface area contributed by atoms with Crippen LogP contribution in [0.5, 0.6) is 0 Å². The van der Waals surface area contributed by atoms with Gasteiger partial charge >= 0.3 is 61.1 Å². The van der Waals surface area contributed by atoms with Crippen LogP contribution in [0.1, 0.15) is 13.3 Å². The molecule has 0 aliphatic rings. The van der Waals surface area contributed by atoms with Crippen LogP contribution in [0, 0.1) is 0 Å². The van der Waals surface area contributed by atoms with Crippen molar-refractivity contribution >= 4 is 37.0 Å². The van der Waals surface area contributed by atoms with Crippen molar-refractivity contribution in [2.45, 2.75) is 13.3 Å². The number of carbonyl (C=O) groups excluding carboxylic acids is 1. The minimum absolute atomic E-state index is 0.639. The molecule has 0 fully saturated rings. The summed E-state index contributed by atoms with van der Waals surface area (Å²) in [6.07, 6.45) is 1.51. The molecule has 0 spiro atoms. The molecule has 0 aliphatic heterocycles. The molecule has 1 aromatic carbocycles. The van der Waals surface area contributed by atoms with Crippen LogP contribution in [-0.4, -0.2) is 34.2 Å². The van der Waals surface area contributed by atoms with Gasteiger partial charge in [0.05, 0.1) is 0 Å². The van der Waals surface area contributed by atoms with Gasteiger partial charge in [0.15, 0.2) is 0 Å². The van der Waals surface area contributed by atoms with Crippen molar-refractivity contribution in [3.05, 3.63) is 30.3 Å². The van der Waals surface area contributed by atoms with E-state index in [4.69, 9.17) is 0 Å². The Balaban J connectivity index is 0.000000218. The summed E-state index contributed by atoms with van der Waals surface area (Å²) in [6, 6.07) is 10.5. The third-order valence-electron chi connectivity index (χ3n) is 1.11. The summed E-state index contributed by atoms with van der Waals surface area (Å²) >= 11 is 1.17. The van der Waals surface area contributed by atoms with Gasteiger partial charge in [0.1, 0.15) is 6.29 Å². The Bertz CT molecular complexity index is 184. The zero-order valence-corrected chi connectivity index (χ0v) is 9.08. The van der Waals surface area contributed by atoms with Gasteiger partial charge < -0.3 is 4.79 Å². The molecule has 54 valence electrons. The molecule has 0 bridgehead atoms. The van der Waals surface area contributed by atoms with E-state index >= 15 is 0 Å². The van der Waals surface area contributed by atoms with Crippen molar-refractivity contribution in [1.82, 2.24) is 0 Å². The van der Waals surface area contributed by atoms with E-state index in [1.807, 2.05) is 13.0 Å². The summed E-state index contributed by atoms with van der Waals surface area (Å²) in [5, 5.41) is 0. The predicted octanol–water partition coefficient (Wildman–Crippen LogP) is 1.08. The summed E-state index contributed by atoms with van der Waals surface area (Å²) in [5.74, 6) is 0.